The molecule has 0 aromatic heterocycles. The number of piperidine rings is 1. The highest BCUT2D eigenvalue weighted by molar-refractivity contribution is 5.74. The monoisotopic (exact) mass is 304 g/mol. The lowest BCUT2D eigenvalue weighted by Crippen LogP contribution is -2.50. The van der Waals surface area contributed by atoms with Crippen molar-refractivity contribution >= 4 is 6.03 Å². The molecule has 0 spiro atoms. The predicted octanol–water partition coefficient (Wildman–Crippen LogP) is 2.44. The number of hydrogen-bond acceptors (Lipinski definition) is 3. The maximum absolute atomic E-state index is 12.3. The summed E-state index contributed by atoms with van der Waals surface area (Å²) in [6.07, 6.45) is 2.96. The number of likely N-dealkylation sites (tertiary alicyclic amines) is 1. The molecule has 2 aliphatic rings. The normalized spacial score (nSPS) is 21.7. The summed E-state index contributed by atoms with van der Waals surface area (Å²) in [5.41, 5.74) is 1.09. The van der Waals surface area contributed by atoms with Gasteiger partial charge in [0.2, 0.25) is 0 Å². The maximum atomic E-state index is 12.3. The first-order chi connectivity index (χ1) is 10.7. The van der Waals surface area contributed by atoms with Gasteiger partial charge in [-0.1, -0.05) is 6.92 Å². The Morgan fingerprint density at radius 3 is 2.86 bits per heavy atom. The van der Waals surface area contributed by atoms with E-state index < -0.39 is 0 Å². The second kappa shape index (κ2) is 6.46. The van der Waals surface area contributed by atoms with Crippen LogP contribution < -0.4 is 14.8 Å². The molecule has 1 fully saturated rings. The second-order valence-electron chi connectivity index (χ2n) is 6.30. The van der Waals surface area contributed by atoms with Crippen molar-refractivity contribution in [2.24, 2.45) is 5.92 Å². The molecule has 5 heteroatoms. The van der Waals surface area contributed by atoms with Gasteiger partial charge in [0.25, 0.3) is 0 Å². The highest BCUT2D eigenvalue weighted by Crippen LogP contribution is 2.28. The van der Waals surface area contributed by atoms with Crippen LogP contribution in [0.3, 0.4) is 0 Å². The molecule has 3 rings (SSSR count). The van der Waals surface area contributed by atoms with Gasteiger partial charge in [-0.25, -0.2) is 4.79 Å². The van der Waals surface area contributed by atoms with Gasteiger partial charge in [-0.15, -0.1) is 0 Å². The van der Waals surface area contributed by atoms with Crippen molar-refractivity contribution < 1.29 is 14.3 Å². The number of ether oxygens (including phenoxy) is 2. The van der Waals surface area contributed by atoms with Crippen LogP contribution in [-0.4, -0.2) is 43.8 Å². The van der Waals surface area contributed by atoms with Gasteiger partial charge in [0.15, 0.2) is 0 Å². The van der Waals surface area contributed by atoms with E-state index in [-0.39, 0.29) is 12.1 Å². The second-order valence-corrected chi connectivity index (χ2v) is 6.30. The lowest BCUT2D eigenvalue weighted by molar-refractivity contribution is 0.161. The number of fused-ring (bicyclic) bond motifs is 1. The Bertz CT molecular complexity index is 539. The van der Waals surface area contributed by atoms with Crippen LogP contribution in [0.25, 0.3) is 0 Å². The minimum Gasteiger partial charge on any atom is -0.497 e. The number of urea groups is 1. The number of nitrogens with zero attached hydrogens (tertiary/aromatic N) is 1. The zero-order valence-electron chi connectivity index (χ0n) is 13.3. The molecule has 120 valence electrons. The van der Waals surface area contributed by atoms with Gasteiger partial charge >= 0.3 is 6.03 Å². The Kier molecular flexibility index (Phi) is 4.41. The van der Waals surface area contributed by atoms with Gasteiger partial charge in [0.05, 0.1) is 13.2 Å². The van der Waals surface area contributed by atoms with E-state index in [9.17, 15) is 4.79 Å². The van der Waals surface area contributed by atoms with E-state index in [1.165, 1.54) is 0 Å². The van der Waals surface area contributed by atoms with Crippen molar-refractivity contribution in [3.63, 3.8) is 0 Å². The summed E-state index contributed by atoms with van der Waals surface area (Å²) in [5.74, 6) is 2.43. The zero-order chi connectivity index (χ0) is 15.5. The first kappa shape index (κ1) is 15.0. The van der Waals surface area contributed by atoms with Gasteiger partial charge in [-0.3, -0.25) is 0 Å². The molecule has 0 radical (unpaired) electrons. The summed E-state index contributed by atoms with van der Waals surface area (Å²) in [7, 11) is 1.65. The predicted molar refractivity (Wildman–Crippen MR) is 84.5 cm³/mol. The number of amides is 2. The van der Waals surface area contributed by atoms with Crippen LogP contribution in [0.5, 0.6) is 11.5 Å². The van der Waals surface area contributed by atoms with E-state index in [0.717, 1.165) is 55.3 Å². The molecule has 0 saturated carbocycles. The molecule has 2 aliphatic heterocycles. The Labute approximate surface area is 131 Å². The molecule has 1 unspecified atom stereocenters. The number of carbonyl (C=O) groups is 1. The van der Waals surface area contributed by atoms with Crippen LogP contribution in [0.15, 0.2) is 18.2 Å². The zero-order valence-corrected chi connectivity index (χ0v) is 13.3. The van der Waals surface area contributed by atoms with Crippen LogP contribution in [-0.2, 0) is 6.42 Å². The summed E-state index contributed by atoms with van der Waals surface area (Å²) < 4.78 is 11.0. The average molecular weight is 304 g/mol. The number of carbonyl (C=O) groups excluding carboxylic acids is 1. The van der Waals surface area contributed by atoms with Crippen molar-refractivity contribution in [3.05, 3.63) is 23.8 Å². The molecule has 0 aliphatic carbocycles. The standard InChI is InChI=1S/C17H24N2O3/c1-12-5-7-19(8-6-12)17(20)18-14-9-13-10-15(21-2)3-4-16(13)22-11-14/h3-4,10,12,14H,5-9,11H2,1-2H3,(H,18,20). The number of nitrogens with one attached hydrogen (secondary N) is 1. The lowest BCUT2D eigenvalue weighted by Gasteiger charge is -2.33. The van der Waals surface area contributed by atoms with E-state index in [1.54, 1.807) is 7.11 Å². The molecular weight excluding hydrogens is 280 g/mol. The summed E-state index contributed by atoms with van der Waals surface area (Å²) in [6, 6.07) is 5.86. The number of hydrogen-bond donors (Lipinski definition) is 1. The van der Waals surface area contributed by atoms with Crippen molar-refractivity contribution in [3.8, 4) is 11.5 Å². The van der Waals surface area contributed by atoms with Gasteiger partial charge in [-0.05, 0) is 48.9 Å². The van der Waals surface area contributed by atoms with Crippen molar-refractivity contribution in [1.29, 1.82) is 0 Å². The lowest BCUT2D eigenvalue weighted by atomic mass is 9.99. The molecule has 1 atom stereocenters. The fraction of sp³-hybridized carbons (Fsp3) is 0.588. The van der Waals surface area contributed by atoms with Gasteiger partial charge in [-0.2, -0.15) is 0 Å². The third-order valence-electron chi connectivity index (χ3n) is 4.57. The van der Waals surface area contributed by atoms with E-state index >= 15 is 0 Å². The summed E-state index contributed by atoms with van der Waals surface area (Å²) in [4.78, 5) is 14.3. The summed E-state index contributed by atoms with van der Waals surface area (Å²) in [6.45, 7) is 4.47. The summed E-state index contributed by atoms with van der Waals surface area (Å²) >= 11 is 0. The first-order valence-corrected chi connectivity index (χ1v) is 8.01. The molecule has 2 amide bonds. The molecule has 5 nitrogen and oxygen atoms in total. The molecule has 1 saturated heterocycles. The Hall–Kier alpha value is -1.91. The fourth-order valence-electron chi connectivity index (χ4n) is 3.07. The van der Waals surface area contributed by atoms with E-state index in [0.29, 0.717) is 6.61 Å². The van der Waals surface area contributed by atoms with Crippen LogP contribution in [0.1, 0.15) is 25.3 Å². The minimum absolute atomic E-state index is 0.0199. The molecule has 1 aromatic carbocycles. The van der Waals surface area contributed by atoms with E-state index in [4.69, 9.17) is 9.47 Å². The maximum Gasteiger partial charge on any atom is 0.317 e. The number of rotatable bonds is 2. The Balaban J connectivity index is 1.58. The van der Waals surface area contributed by atoms with Crippen LogP contribution in [0.2, 0.25) is 0 Å². The number of methoxy groups -OCH3 is 1. The third-order valence-corrected chi connectivity index (χ3v) is 4.57. The summed E-state index contributed by atoms with van der Waals surface area (Å²) in [5, 5.41) is 3.10. The number of benzene rings is 1. The largest absolute Gasteiger partial charge is 0.497 e. The SMILES string of the molecule is COc1ccc2c(c1)CC(NC(=O)N1CCC(C)CC1)CO2. The van der Waals surface area contributed by atoms with Crippen LogP contribution >= 0.6 is 0 Å². The molecule has 22 heavy (non-hydrogen) atoms. The van der Waals surface area contributed by atoms with Crippen molar-refractivity contribution in [2.75, 3.05) is 26.8 Å². The van der Waals surface area contributed by atoms with Gasteiger partial charge < -0.3 is 19.7 Å². The van der Waals surface area contributed by atoms with Crippen molar-refractivity contribution in [2.45, 2.75) is 32.2 Å². The quantitative estimate of drug-likeness (QED) is 0.913. The highest BCUT2D eigenvalue weighted by Gasteiger charge is 2.25. The molecule has 1 aromatic rings. The topological polar surface area (TPSA) is 50.8 Å². The molecule has 1 N–H and O–H groups in total. The van der Waals surface area contributed by atoms with Gasteiger partial charge in [0, 0.05) is 13.1 Å². The third kappa shape index (κ3) is 3.29. The smallest absolute Gasteiger partial charge is 0.317 e. The molecule has 0 bridgehead atoms. The van der Waals surface area contributed by atoms with Crippen LogP contribution in [0.4, 0.5) is 4.79 Å². The molecule has 2 heterocycles. The van der Waals surface area contributed by atoms with Crippen molar-refractivity contribution in [1.82, 2.24) is 10.2 Å². The van der Waals surface area contributed by atoms with E-state index in [2.05, 4.69) is 12.2 Å². The van der Waals surface area contributed by atoms with E-state index in [1.807, 2.05) is 23.1 Å². The van der Waals surface area contributed by atoms with Crippen LogP contribution in [0, 0.1) is 5.92 Å². The van der Waals surface area contributed by atoms with Gasteiger partial charge in [0.1, 0.15) is 18.1 Å². The Morgan fingerprint density at radius 1 is 1.36 bits per heavy atom. The minimum atomic E-state index is 0.0199. The average Bonchev–Trinajstić information content (AvgIpc) is 2.54. The first-order valence-electron chi connectivity index (χ1n) is 8.01. The molecular formula is C17H24N2O3. The Morgan fingerprint density at radius 2 is 2.14 bits per heavy atom. The fourth-order valence-corrected chi connectivity index (χ4v) is 3.07. The highest BCUT2D eigenvalue weighted by atomic mass is 16.5.